The Morgan fingerprint density at radius 2 is 1.92 bits per heavy atom. The molecule has 2 heterocycles. The van der Waals surface area contributed by atoms with Crippen molar-refractivity contribution in [3.63, 3.8) is 0 Å². The number of carbonyl (C=O) groups is 2. The molecule has 0 unspecified atom stereocenters. The van der Waals surface area contributed by atoms with E-state index < -0.39 is 6.03 Å². The lowest BCUT2D eigenvalue weighted by Crippen LogP contribution is -2.29. The van der Waals surface area contributed by atoms with E-state index in [1.165, 1.54) is 24.3 Å². The van der Waals surface area contributed by atoms with Crippen molar-refractivity contribution in [3.05, 3.63) is 47.4 Å². The summed E-state index contributed by atoms with van der Waals surface area (Å²) in [5.74, 6) is 0.180. The Morgan fingerprint density at radius 3 is 2.60 bits per heavy atom. The average molecular weight is 346 g/mol. The van der Waals surface area contributed by atoms with Gasteiger partial charge in [-0.3, -0.25) is 4.79 Å². The van der Waals surface area contributed by atoms with Crippen LogP contribution >= 0.6 is 0 Å². The number of anilines is 1. The fourth-order valence-electron chi connectivity index (χ4n) is 2.66. The molecule has 8 heteroatoms. The highest BCUT2D eigenvalue weighted by atomic mass is 19.1. The minimum atomic E-state index is -0.477. The van der Waals surface area contributed by atoms with E-state index in [0.29, 0.717) is 11.4 Å². The topological polar surface area (TPSA) is 87.5 Å². The molecular formula is C17H19FN4O3. The number of aromatic nitrogens is 1. The number of nitrogens with zero attached hydrogens (tertiary/aromatic N) is 2. The van der Waals surface area contributed by atoms with Crippen LogP contribution in [0.1, 0.15) is 35.0 Å². The van der Waals surface area contributed by atoms with E-state index in [0.717, 1.165) is 25.9 Å². The average Bonchev–Trinajstić information content (AvgIpc) is 3.24. The highest BCUT2D eigenvalue weighted by molar-refractivity contribution is 5.93. The molecule has 3 amide bonds. The number of urea groups is 1. The lowest BCUT2D eigenvalue weighted by atomic mass is 10.3. The van der Waals surface area contributed by atoms with Crippen molar-refractivity contribution in [3.8, 4) is 0 Å². The van der Waals surface area contributed by atoms with Gasteiger partial charge in [-0.15, -0.1) is 0 Å². The Balaban J connectivity index is 1.56. The lowest BCUT2D eigenvalue weighted by molar-refractivity contribution is 0.0786. The van der Waals surface area contributed by atoms with Gasteiger partial charge in [0.2, 0.25) is 5.89 Å². The highest BCUT2D eigenvalue weighted by Crippen LogP contribution is 2.16. The second-order valence-corrected chi connectivity index (χ2v) is 5.83. The molecule has 25 heavy (non-hydrogen) atoms. The van der Waals surface area contributed by atoms with Gasteiger partial charge in [0.05, 0.1) is 6.54 Å². The molecule has 1 aliphatic rings. The van der Waals surface area contributed by atoms with E-state index in [-0.39, 0.29) is 29.9 Å². The first kappa shape index (κ1) is 16.9. The molecular weight excluding hydrogens is 327 g/mol. The van der Waals surface area contributed by atoms with Crippen LogP contribution in [-0.2, 0) is 6.54 Å². The molecule has 1 aromatic carbocycles. The highest BCUT2D eigenvalue weighted by Gasteiger charge is 2.25. The van der Waals surface area contributed by atoms with Gasteiger partial charge in [0.25, 0.3) is 5.91 Å². The largest absolute Gasteiger partial charge is 0.443 e. The van der Waals surface area contributed by atoms with E-state index in [9.17, 15) is 14.0 Å². The summed E-state index contributed by atoms with van der Waals surface area (Å²) >= 11 is 0. The number of benzene rings is 1. The van der Waals surface area contributed by atoms with Crippen LogP contribution in [0.2, 0.25) is 0 Å². The van der Waals surface area contributed by atoms with Crippen LogP contribution < -0.4 is 10.6 Å². The van der Waals surface area contributed by atoms with Crippen LogP contribution in [0, 0.1) is 12.7 Å². The summed E-state index contributed by atoms with van der Waals surface area (Å²) in [5, 5.41) is 5.15. The van der Waals surface area contributed by atoms with Gasteiger partial charge in [-0.05, 0) is 44.0 Å². The molecule has 132 valence electrons. The Hall–Kier alpha value is -2.90. The van der Waals surface area contributed by atoms with Gasteiger partial charge < -0.3 is 20.0 Å². The van der Waals surface area contributed by atoms with Crippen molar-refractivity contribution in [2.24, 2.45) is 0 Å². The minimum Gasteiger partial charge on any atom is -0.443 e. The smallest absolute Gasteiger partial charge is 0.319 e. The molecule has 3 rings (SSSR count). The van der Waals surface area contributed by atoms with Crippen LogP contribution in [0.3, 0.4) is 0 Å². The molecule has 7 nitrogen and oxygen atoms in total. The Kier molecular flexibility index (Phi) is 4.97. The number of aryl methyl sites for hydroxylation is 1. The maximum Gasteiger partial charge on any atom is 0.319 e. The summed E-state index contributed by atoms with van der Waals surface area (Å²) in [5.41, 5.74) is 0.755. The van der Waals surface area contributed by atoms with Gasteiger partial charge in [-0.1, -0.05) is 0 Å². The first-order valence-electron chi connectivity index (χ1n) is 8.09. The van der Waals surface area contributed by atoms with E-state index in [2.05, 4.69) is 15.6 Å². The fourth-order valence-corrected chi connectivity index (χ4v) is 2.66. The number of hydrogen-bond acceptors (Lipinski definition) is 4. The predicted molar refractivity (Wildman–Crippen MR) is 88.6 cm³/mol. The van der Waals surface area contributed by atoms with Crippen LogP contribution in [-0.4, -0.2) is 34.9 Å². The molecule has 2 aromatic rings. The summed E-state index contributed by atoms with van der Waals surface area (Å²) in [6.45, 7) is 3.19. The number of nitrogens with one attached hydrogen (secondary N) is 2. The van der Waals surface area contributed by atoms with Gasteiger partial charge in [0.15, 0.2) is 5.69 Å². The molecule has 0 spiro atoms. The van der Waals surface area contributed by atoms with Crippen LogP contribution in [0.5, 0.6) is 0 Å². The second kappa shape index (κ2) is 7.33. The molecule has 1 fully saturated rings. The SMILES string of the molecule is Cc1oc(CNC(=O)Nc2ccc(F)cc2)nc1C(=O)N1CCCC1. The van der Waals surface area contributed by atoms with Crippen molar-refractivity contribution in [1.82, 2.24) is 15.2 Å². The predicted octanol–water partition coefficient (Wildman–Crippen LogP) is 2.68. The second-order valence-electron chi connectivity index (χ2n) is 5.83. The first-order chi connectivity index (χ1) is 12.0. The number of amides is 3. The first-order valence-corrected chi connectivity index (χ1v) is 8.09. The number of halogens is 1. The van der Waals surface area contributed by atoms with Gasteiger partial charge in [0, 0.05) is 18.8 Å². The van der Waals surface area contributed by atoms with Gasteiger partial charge in [-0.25, -0.2) is 14.2 Å². The van der Waals surface area contributed by atoms with E-state index in [1.54, 1.807) is 11.8 Å². The Labute approximate surface area is 144 Å². The molecule has 0 bridgehead atoms. The molecule has 0 aliphatic carbocycles. The number of hydrogen-bond donors (Lipinski definition) is 2. The molecule has 1 aliphatic heterocycles. The monoisotopic (exact) mass is 346 g/mol. The number of likely N-dealkylation sites (tertiary alicyclic amines) is 1. The maximum atomic E-state index is 12.8. The van der Waals surface area contributed by atoms with Crippen LogP contribution in [0.25, 0.3) is 0 Å². The molecule has 1 saturated heterocycles. The zero-order valence-electron chi connectivity index (χ0n) is 13.8. The maximum absolute atomic E-state index is 12.8. The normalized spacial score (nSPS) is 13.8. The summed E-state index contributed by atoms with van der Waals surface area (Å²) in [7, 11) is 0. The molecule has 0 saturated carbocycles. The summed E-state index contributed by atoms with van der Waals surface area (Å²) in [6, 6.07) is 4.94. The standard InChI is InChI=1S/C17H19FN4O3/c1-11-15(16(23)22-8-2-3-9-22)21-14(25-11)10-19-17(24)20-13-6-4-12(18)5-7-13/h4-7H,2-3,8-10H2,1H3,(H2,19,20,24). The third-order valence-electron chi connectivity index (χ3n) is 3.94. The van der Waals surface area contributed by atoms with Crippen molar-refractivity contribution >= 4 is 17.6 Å². The Bertz CT molecular complexity index is 767. The van der Waals surface area contributed by atoms with Gasteiger partial charge >= 0.3 is 6.03 Å². The Morgan fingerprint density at radius 1 is 1.24 bits per heavy atom. The lowest BCUT2D eigenvalue weighted by Gasteiger charge is -2.13. The van der Waals surface area contributed by atoms with Crippen LogP contribution in [0.4, 0.5) is 14.9 Å². The summed E-state index contributed by atoms with van der Waals surface area (Å²) in [6.07, 6.45) is 2.00. The molecule has 0 atom stereocenters. The molecule has 1 aromatic heterocycles. The summed E-state index contributed by atoms with van der Waals surface area (Å²) < 4.78 is 18.3. The van der Waals surface area contributed by atoms with E-state index in [4.69, 9.17) is 4.42 Å². The minimum absolute atomic E-state index is 0.0428. The number of oxazole rings is 1. The van der Waals surface area contributed by atoms with Gasteiger partial charge in [0.1, 0.15) is 11.6 Å². The summed E-state index contributed by atoms with van der Waals surface area (Å²) in [4.78, 5) is 30.2. The third-order valence-corrected chi connectivity index (χ3v) is 3.94. The van der Waals surface area contributed by atoms with Gasteiger partial charge in [-0.2, -0.15) is 0 Å². The molecule has 2 N–H and O–H groups in total. The fraction of sp³-hybridized carbons (Fsp3) is 0.353. The number of carbonyl (C=O) groups excluding carboxylic acids is 2. The van der Waals surface area contributed by atoms with Crippen molar-refractivity contribution < 1.29 is 18.4 Å². The van der Waals surface area contributed by atoms with Crippen molar-refractivity contribution in [2.75, 3.05) is 18.4 Å². The molecule has 0 radical (unpaired) electrons. The van der Waals surface area contributed by atoms with Crippen LogP contribution in [0.15, 0.2) is 28.7 Å². The quantitative estimate of drug-likeness (QED) is 0.891. The number of rotatable bonds is 4. The van der Waals surface area contributed by atoms with E-state index >= 15 is 0 Å². The van der Waals surface area contributed by atoms with E-state index in [1.807, 2.05) is 0 Å². The zero-order valence-corrected chi connectivity index (χ0v) is 13.8. The zero-order chi connectivity index (χ0) is 17.8. The van der Waals surface area contributed by atoms with Crippen molar-refractivity contribution in [2.45, 2.75) is 26.3 Å². The third kappa shape index (κ3) is 4.14. The van der Waals surface area contributed by atoms with Crippen molar-refractivity contribution in [1.29, 1.82) is 0 Å².